The lowest BCUT2D eigenvalue weighted by Gasteiger charge is -2.23. The highest BCUT2D eigenvalue weighted by Crippen LogP contribution is 2.29. The van der Waals surface area contributed by atoms with Gasteiger partial charge in [-0.15, -0.1) is 0 Å². The Labute approximate surface area is 131 Å². The molecule has 0 saturated heterocycles. The van der Waals surface area contributed by atoms with Crippen molar-refractivity contribution in [3.8, 4) is 5.75 Å². The summed E-state index contributed by atoms with van der Waals surface area (Å²) in [7, 11) is 1.14. The molecule has 0 unspecified atom stereocenters. The summed E-state index contributed by atoms with van der Waals surface area (Å²) in [5, 5.41) is 0. The normalized spacial score (nSPS) is 11.4. The highest BCUT2D eigenvalue weighted by Gasteiger charge is 2.21. The first-order chi connectivity index (χ1) is 8.85. The first-order valence-corrected chi connectivity index (χ1v) is 8.99. The maximum Gasteiger partial charge on any atom is 0.341 e. The van der Waals surface area contributed by atoms with Crippen molar-refractivity contribution in [1.29, 1.82) is 0 Å². The van der Waals surface area contributed by atoms with Gasteiger partial charge in [0.05, 0.1) is 10.2 Å². The van der Waals surface area contributed by atoms with Crippen molar-refractivity contribution in [3.05, 3.63) is 27.3 Å². The van der Waals surface area contributed by atoms with Crippen LogP contribution in [-0.4, -0.2) is 28.4 Å². The third-order valence-electron chi connectivity index (χ3n) is 2.33. The fourth-order valence-electron chi connectivity index (χ4n) is 1.47. The number of hydrogen-bond acceptors (Lipinski definition) is 3. The van der Waals surface area contributed by atoms with Crippen LogP contribution in [0.3, 0.4) is 0 Å². The van der Waals surface area contributed by atoms with E-state index in [0.29, 0.717) is 17.9 Å². The van der Waals surface area contributed by atoms with Crippen LogP contribution in [0.25, 0.3) is 0 Å². The minimum Gasteiger partial charge on any atom is -0.486 e. The van der Waals surface area contributed by atoms with Gasteiger partial charge < -0.3 is 9.47 Å². The summed E-state index contributed by atoms with van der Waals surface area (Å²) < 4.78 is 12.1. The lowest BCUT2D eigenvalue weighted by Crippen LogP contribution is -2.25. The molecule has 0 aliphatic carbocycles. The smallest absolute Gasteiger partial charge is 0.341 e. The number of para-hydroxylation sites is 1. The molecular weight excluding hydrogens is 371 g/mol. The molecule has 0 aliphatic rings. The van der Waals surface area contributed by atoms with Crippen molar-refractivity contribution >= 4 is 38.8 Å². The first-order valence-electron chi connectivity index (χ1n) is 6.50. The molecule has 19 heavy (non-hydrogen) atoms. The van der Waals surface area contributed by atoms with Crippen LogP contribution in [0.5, 0.6) is 5.75 Å². The molecule has 0 bridgehead atoms. The number of benzene rings is 1. The molecule has 0 heterocycles. The van der Waals surface area contributed by atoms with E-state index in [1.807, 2.05) is 32.9 Å². The van der Waals surface area contributed by atoms with E-state index in [1.165, 1.54) is 0 Å². The Morgan fingerprint density at radius 3 is 2.63 bits per heavy atom. The Morgan fingerprint density at radius 2 is 2.05 bits per heavy atom. The summed E-state index contributed by atoms with van der Waals surface area (Å²) in [4.78, 5) is 12.1. The minimum atomic E-state index is -0.342. The molecule has 5 heteroatoms. The lowest BCUT2D eigenvalue weighted by atomic mass is 10.1. The highest BCUT2D eigenvalue weighted by molar-refractivity contribution is 14.1. The van der Waals surface area contributed by atoms with Crippen LogP contribution in [0, 0.1) is 3.57 Å². The summed E-state index contributed by atoms with van der Waals surface area (Å²) >= 11 is 2.18. The van der Waals surface area contributed by atoms with Crippen LogP contribution in [0.15, 0.2) is 18.2 Å². The second-order valence-electron chi connectivity index (χ2n) is 5.32. The largest absolute Gasteiger partial charge is 0.486 e. The minimum absolute atomic E-state index is 0.298. The molecular formula is C14H21IO3Si. The van der Waals surface area contributed by atoms with Gasteiger partial charge in [-0.3, -0.25) is 0 Å². The van der Waals surface area contributed by atoms with Crippen LogP contribution in [-0.2, 0) is 4.74 Å². The van der Waals surface area contributed by atoms with E-state index in [1.54, 1.807) is 6.07 Å². The maximum absolute atomic E-state index is 12.1. The van der Waals surface area contributed by atoms with Crippen molar-refractivity contribution < 1.29 is 14.3 Å². The molecule has 0 fully saturated rings. The molecule has 1 aromatic rings. The second kappa shape index (κ2) is 7.28. The van der Waals surface area contributed by atoms with Gasteiger partial charge in [0, 0.05) is 10.2 Å². The van der Waals surface area contributed by atoms with Crippen molar-refractivity contribution in [3.63, 3.8) is 0 Å². The molecule has 106 valence electrons. The number of carbonyl (C=O) groups is 1. The number of carbonyl (C=O) groups excluding carboxylic acids is 1. The van der Waals surface area contributed by atoms with Gasteiger partial charge in [-0.25, -0.2) is 4.79 Å². The lowest BCUT2D eigenvalue weighted by molar-refractivity contribution is 0.0491. The molecule has 0 aliphatic heterocycles. The molecule has 1 rings (SSSR count). The van der Waals surface area contributed by atoms with Gasteiger partial charge in [0.2, 0.25) is 0 Å². The van der Waals surface area contributed by atoms with E-state index < -0.39 is 0 Å². The molecule has 0 N–H and O–H groups in total. The summed E-state index contributed by atoms with van der Waals surface area (Å²) in [6.45, 7) is 6.38. The van der Waals surface area contributed by atoms with Crippen LogP contribution >= 0.6 is 22.6 Å². The molecule has 0 radical (unpaired) electrons. The summed E-state index contributed by atoms with van der Waals surface area (Å²) in [6, 6.07) is 6.67. The second-order valence-corrected chi connectivity index (χ2v) is 7.48. The number of rotatable bonds is 5. The quantitative estimate of drug-likeness (QED) is 0.335. The van der Waals surface area contributed by atoms with Gasteiger partial charge in [0.1, 0.15) is 16.9 Å². The van der Waals surface area contributed by atoms with E-state index in [9.17, 15) is 4.79 Å². The van der Waals surface area contributed by atoms with Crippen molar-refractivity contribution in [2.24, 2.45) is 0 Å². The molecule has 0 saturated carbocycles. The third-order valence-corrected chi connectivity index (χ3v) is 3.88. The highest BCUT2D eigenvalue weighted by atomic mass is 127. The Kier molecular flexibility index (Phi) is 6.32. The van der Waals surface area contributed by atoms with Gasteiger partial charge in [0.15, 0.2) is 0 Å². The van der Waals surface area contributed by atoms with E-state index >= 15 is 0 Å². The zero-order chi connectivity index (χ0) is 14.5. The van der Waals surface area contributed by atoms with Gasteiger partial charge in [0.25, 0.3) is 0 Å². The number of esters is 1. The van der Waals surface area contributed by atoms with Crippen LogP contribution in [0.1, 0.15) is 37.6 Å². The average Bonchev–Trinajstić information content (AvgIpc) is 2.30. The van der Waals surface area contributed by atoms with Crippen molar-refractivity contribution in [2.75, 3.05) is 6.61 Å². The predicted octanol–water partition coefficient (Wildman–Crippen LogP) is 2.80. The van der Waals surface area contributed by atoms with Gasteiger partial charge in [-0.1, -0.05) is 12.1 Å². The van der Waals surface area contributed by atoms with Gasteiger partial charge >= 0.3 is 5.97 Å². The van der Waals surface area contributed by atoms with Gasteiger partial charge in [-0.05, 0) is 61.9 Å². The summed E-state index contributed by atoms with van der Waals surface area (Å²) in [5.74, 6) is 0.319. The summed E-state index contributed by atoms with van der Waals surface area (Å²) in [6.07, 6.45) is 0.942. The Bertz CT molecular complexity index is 441. The van der Waals surface area contributed by atoms with E-state index in [2.05, 4.69) is 22.6 Å². The van der Waals surface area contributed by atoms with E-state index in [4.69, 9.17) is 9.47 Å². The average molecular weight is 392 g/mol. The zero-order valence-electron chi connectivity index (χ0n) is 12.0. The van der Waals surface area contributed by atoms with Crippen LogP contribution in [0.4, 0.5) is 0 Å². The molecule has 0 amide bonds. The zero-order valence-corrected chi connectivity index (χ0v) is 16.1. The number of halogens is 1. The molecule has 0 spiro atoms. The first kappa shape index (κ1) is 16.5. The number of ether oxygens (including phenoxy) is 2. The summed E-state index contributed by atoms with van der Waals surface area (Å²) in [5.41, 5.74) is 0.167. The van der Waals surface area contributed by atoms with Crippen LogP contribution in [0.2, 0.25) is 6.04 Å². The van der Waals surface area contributed by atoms with E-state index in [-0.39, 0.29) is 11.6 Å². The van der Waals surface area contributed by atoms with Gasteiger partial charge in [-0.2, -0.15) is 0 Å². The maximum atomic E-state index is 12.1. The Hall–Kier alpha value is -0.563. The monoisotopic (exact) mass is 392 g/mol. The Balaban J connectivity index is 2.93. The number of hydrogen-bond donors (Lipinski definition) is 0. The molecule has 1 aromatic carbocycles. The van der Waals surface area contributed by atoms with Crippen molar-refractivity contribution in [2.45, 2.75) is 38.8 Å². The predicted molar refractivity (Wildman–Crippen MR) is 89.2 cm³/mol. The topological polar surface area (TPSA) is 35.5 Å². The Morgan fingerprint density at radius 1 is 1.37 bits per heavy atom. The van der Waals surface area contributed by atoms with E-state index in [0.717, 1.165) is 26.3 Å². The third kappa shape index (κ3) is 5.52. The fourth-order valence-corrected chi connectivity index (χ4v) is 2.36. The molecule has 0 aromatic heterocycles. The fraction of sp³-hybridized carbons (Fsp3) is 0.500. The standard InChI is InChI=1S/C14H21IO3Si/c1-14(2,3)18-12-10(6-4-7-11(12)15)13(16)17-8-5-9-19/h4,6-7H,5,8-9H2,1-3,19H3. The SMILES string of the molecule is CC(C)(C)Oc1c(I)cccc1C(=O)OCCC[SiH3]. The molecule has 3 nitrogen and oxygen atoms in total. The van der Waals surface area contributed by atoms with Crippen LogP contribution < -0.4 is 4.74 Å². The molecule has 0 atom stereocenters. The van der Waals surface area contributed by atoms with Crippen molar-refractivity contribution in [1.82, 2.24) is 0 Å².